The Kier molecular flexibility index (Phi) is 4.25. The van der Waals surface area contributed by atoms with Gasteiger partial charge in [-0.2, -0.15) is 0 Å². The minimum atomic E-state index is -0.0472. The van der Waals surface area contributed by atoms with Crippen LogP contribution in [-0.2, 0) is 0 Å². The van der Waals surface area contributed by atoms with Crippen LogP contribution in [0, 0.1) is 0 Å². The van der Waals surface area contributed by atoms with E-state index in [1.165, 1.54) is 0 Å². The Balaban J connectivity index is 2.66. The topological polar surface area (TPSA) is 173 Å². The first kappa shape index (κ1) is 12.2. The van der Waals surface area contributed by atoms with Gasteiger partial charge in [0.2, 0.25) is 12.4 Å². The van der Waals surface area contributed by atoms with Crippen LogP contribution in [-0.4, -0.2) is 29.3 Å². The van der Waals surface area contributed by atoms with Gasteiger partial charge >= 0.3 is 0 Å². The third kappa shape index (κ3) is 4.97. The van der Waals surface area contributed by atoms with Crippen LogP contribution in [0.1, 0.15) is 11.4 Å². The maximum atomic E-state index is 5.14. The highest BCUT2D eigenvalue weighted by atomic mass is 15.3. The van der Waals surface area contributed by atoms with Crippen molar-refractivity contribution in [1.82, 2.24) is 4.98 Å². The van der Waals surface area contributed by atoms with E-state index in [0.717, 1.165) is 11.4 Å². The average molecular weight is 237 g/mol. The summed E-state index contributed by atoms with van der Waals surface area (Å²) in [5.41, 5.74) is 22.1. The molecule has 0 saturated heterocycles. The van der Waals surface area contributed by atoms with Gasteiger partial charge in [0, 0.05) is 10.2 Å². The summed E-state index contributed by atoms with van der Waals surface area (Å²) >= 11 is 0. The predicted molar refractivity (Wildman–Crippen MR) is 64.7 cm³/mol. The smallest absolute Gasteiger partial charge is 0.256 e. The molecule has 0 aromatic carbocycles. The molecule has 0 aliphatic heterocycles. The number of hydrogen-bond acceptors (Lipinski definition) is 2. The first-order valence-electron chi connectivity index (χ1n) is 4.61. The Morgan fingerprint density at radius 2 is 1.35 bits per heavy atom. The van der Waals surface area contributed by atoms with Gasteiger partial charge < -0.3 is 27.9 Å². The van der Waals surface area contributed by atoms with Crippen molar-refractivity contribution in [2.75, 3.05) is 0 Å². The molecular formula is C8H15N9+2. The molecule has 1 heterocycles. The van der Waals surface area contributed by atoms with Crippen LogP contribution >= 0.6 is 0 Å². The third-order valence-electron chi connectivity index (χ3n) is 1.56. The van der Waals surface area contributed by atoms with Crippen LogP contribution in [0.2, 0.25) is 0 Å². The van der Waals surface area contributed by atoms with Crippen LogP contribution < -0.4 is 33.1 Å². The van der Waals surface area contributed by atoms with Gasteiger partial charge in [-0.1, -0.05) is 0 Å². The summed E-state index contributed by atoms with van der Waals surface area (Å²) in [7, 11) is 0. The summed E-state index contributed by atoms with van der Waals surface area (Å²) in [6.45, 7) is 0. The van der Waals surface area contributed by atoms with Crippen molar-refractivity contribution < 1.29 is 10.2 Å². The molecule has 0 fully saturated rings. The fraction of sp³-hybridized carbons (Fsp3) is 0. The van der Waals surface area contributed by atoms with Crippen LogP contribution in [0.5, 0.6) is 0 Å². The highest BCUT2D eigenvalue weighted by Gasteiger charge is 1.98. The maximum absolute atomic E-state index is 5.14. The summed E-state index contributed by atoms with van der Waals surface area (Å²) in [6.07, 6.45) is 3.19. The molecule has 11 N–H and O–H groups in total. The monoisotopic (exact) mass is 237 g/mol. The molecule has 0 saturated carbocycles. The van der Waals surface area contributed by atoms with E-state index in [1.807, 2.05) is 12.1 Å². The Morgan fingerprint density at radius 3 is 1.71 bits per heavy atom. The molecule has 17 heavy (non-hydrogen) atoms. The summed E-state index contributed by atoms with van der Waals surface area (Å²) in [6, 6.07) is 3.64. The van der Waals surface area contributed by atoms with Crippen molar-refractivity contribution in [3.05, 3.63) is 23.5 Å². The summed E-state index contributed by atoms with van der Waals surface area (Å²) in [5.74, 6) is -0.0944. The normalized spacial score (nSPS) is 10.8. The van der Waals surface area contributed by atoms with Crippen molar-refractivity contribution in [3.63, 3.8) is 0 Å². The second-order valence-electron chi connectivity index (χ2n) is 2.99. The van der Waals surface area contributed by atoms with Gasteiger partial charge in [-0.3, -0.25) is 0 Å². The number of hydrogen-bond donors (Lipinski definition) is 7. The van der Waals surface area contributed by atoms with Crippen LogP contribution in [0.3, 0.4) is 0 Å². The lowest BCUT2D eigenvalue weighted by Crippen LogP contribution is -2.64. The molecule has 9 nitrogen and oxygen atoms in total. The largest absolute Gasteiger partial charge is 0.365 e. The van der Waals surface area contributed by atoms with Gasteiger partial charge in [-0.25, -0.2) is 0 Å². The number of hydrazone groups is 2. The zero-order valence-electron chi connectivity index (χ0n) is 9.01. The molecule has 1 aromatic heterocycles. The molecule has 9 heteroatoms. The molecule has 1 aromatic rings. The quantitative estimate of drug-likeness (QED) is 0.157. The Labute approximate surface area is 97.0 Å². The summed E-state index contributed by atoms with van der Waals surface area (Å²) < 4.78 is 0. The second-order valence-corrected chi connectivity index (χ2v) is 2.99. The van der Waals surface area contributed by atoms with E-state index in [9.17, 15) is 0 Å². The van der Waals surface area contributed by atoms with Crippen LogP contribution in [0.4, 0.5) is 0 Å². The van der Waals surface area contributed by atoms with E-state index in [4.69, 9.17) is 22.9 Å². The molecule has 0 aliphatic rings. The Bertz CT molecular complexity index is 428. The van der Waals surface area contributed by atoms with Gasteiger partial charge in [0.25, 0.3) is 11.9 Å². The molecule has 1 rings (SSSR count). The molecule has 0 atom stereocenters. The SMILES string of the molecule is NC(N)=N/[NH+]=C/c1ccc(/C=[NH+]/N=C(N)N)[nH]1. The zero-order valence-corrected chi connectivity index (χ0v) is 9.01. The first-order chi connectivity index (χ1) is 8.08. The van der Waals surface area contributed by atoms with Crippen molar-refractivity contribution in [2.45, 2.75) is 0 Å². The Morgan fingerprint density at radius 1 is 0.941 bits per heavy atom. The maximum Gasteiger partial charge on any atom is 0.256 e. The van der Waals surface area contributed by atoms with E-state index in [-0.39, 0.29) is 11.9 Å². The molecule has 0 radical (unpaired) electrons. The number of aromatic amines is 1. The van der Waals surface area contributed by atoms with Gasteiger partial charge in [0.15, 0.2) is 0 Å². The van der Waals surface area contributed by atoms with E-state index >= 15 is 0 Å². The average Bonchev–Trinajstić information content (AvgIpc) is 2.65. The molecular weight excluding hydrogens is 222 g/mol. The zero-order chi connectivity index (χ0) is 12.7. The second kappa shape index (κ2) is 5.90. The molecule has 0 spiro atoms. The molecule has 0 aliphatic carbocycles. The number of guanidine groups is 2. The lowest BCUT2D eigenvalue weighted by molar-refractivity contribution is -0.456. The lowest BCUT2D eigenvalue weighted by Gasteiger charge is -1.80. The van der Waals surface area contributed by atoms with E-state index in [1.54, 1.807) is 12.4 Å². The van der Waals surface area contributed by atoms with Crippen molar-refractivity contribution >= 4 is 24.3 Å². The van der Waals surface area contributed by atoms with Gasteiger partial charge in [0.05, 0.1) is 0 Å². The van der Waals surface area contributed by atoms with Crippen molar-refractivity contribution in [3.8, 4) is 0 Å². The third-order valence-corrected chi connectivity index (χ3v) is 1.56. The first-order valence-corrected chi connectivity index (χ1v) is 4.61. The molecule has 0 amide bonds. The number of aromatic nitrogens is 1. The summed E-state index contributed by atoms with van der Waals surface area (Å²) in [4.78, 5) is 3.02. The number of H-pyrrole nitrogens is 1. The minimum Gasteiger partial charge on any atom is -0.365 e. The molecule has 90 valence electrons. The van der Waals surface area contributed by atoms with Crippen LogP contribution in [0.25, 0.3) is 0 Å². The number of nitrogens with one attached hydrogen (secondary N) is 3. The number of nitrogens with two attached hydrogens (primary N) is 4. The van der Waals surface area contributed by atoms with Crippen molar-refractivity contribution in [1.29, 1.82) is 0 Å². The summed E-state index contributed by atoms with van der Waals surface area (Å²) in [5, 5.41) is 12.3. The lowest BCUT2D eigenvalue weighted by atomic mass is 10.4. The standard InChI is InChI=1S/C8H13N9/c9-7(10)16-13-3-5-1-2-6(15-5)4-14-17-8(11)12/h1-4,15H,(H4,9,10,16)(H4,11,12,17)/p+2/b13-3+,14-4+. The number of rotatable bonds is 4. The minimum absolute atomic E-state index is 0.0472. The molecule has 0 unspecified atom stereocenters. The van der Waals surface area contributed by atoms with E-state index < -0.39 is 0 Å². The van der Waals surface area contributed by atoms with Crippen molar-refractivity contribution in [2.24, 2.45) is 33.1 Å². The predicted octanol–water partition coefficient (Wildman–Crippen LogP) is -5.61. The van der Waals surface area contributed by atoms with Gasteiger partial charge in [-0.05, 0) is 12.1 Å². The fourth-order valence-electron chi connectivity index (χ4n) is 0.951. The van der Waals surface area contributed by atoms with E-state index in [0.29, 0.717) is 0 Å². The Hall–Kier alpha value is -2.84. The number of nitrogens with zero attached hydrogens (tertiary/aromatic N) is 2. The highest BCUT2D eigenvalue weighted by Crippen LogP contribution is 1.93. The van der Waals surface area contributed by atoms with Gasteiger partial charge in [0.1, 0.15) is 11.4 Å². The van der Waals surface area contributed by atoms with Crippen LogP contribution in [0.15, 0.2) is 22.3 Å². The van der Waals surface area contributed by atoms with E-state index in [2.05, 4.69) is 25.4 Å². The fourth-order valence-corrected chi connectivity index (χ4v) is 0.951. The molecule has 0 bridgehead atoms. The highest BCUT2D eigenvalue weighted by molar-refractivity contribution is 5.79. The van der Waals surface area contributed by atoms with Gasteiger partial charge in [-0.15, -0.1) is 10.2 Å².